The quantitative estimate of drug-likeness (QED) is 0.410. The van der Waals surface area contributed by atoms with Crippen LogP contribution in [0.1, 0.15) is 54.6 Å². The second-order valence-electron chi connectivity index (χ2n) is 8.67. The zero-order valence-electron chi connectivity index (χ0n) is 18.9. The fourth-order valence-electron chi connectivity index (χ4n) is 4.36. The van der Waals surface area contributed by atoms with E-state index in [2.05, 4.69) is 15.1 Å². The Labute approximate surface area is 196 Å². The van der Waals surface area contributed by atoms with E-state index in [4.69, 9.17) is 26.3 Å². The number of halogens is 2. The van der Waals surface area contributed by atoms with Crippen LogP contribution in [-0.4, -0.2) is 35.8 Å². The molecular formula is C24H24ClFN6O. The van der Waals surface area contributed by atoms with Crippen molar-refractivity contribution in [3.05, 3.63) is 64.2 Å². The molecule has 7 nitrogen and oxygen atoms in total. The molecule has 1 aromatic carbocycles. The molecule has 33 heavy (non-hydrogen) atoms. The van der Waals surface area contributed by atoms with E-state index in [0.717, 1.165) is 23.4 Å². The van der Waals surface area contributed by atoms with E-state index in [1.54, 1.807) is 16.8 Å². The maximum atomic E-state index is 14.9. The van der Waals surface area contributed by atoms with Gasteiger partial charge in [0.05, 0.1) is 29.8 Å². The first-order chi connectivity index (χ1) is 15.8. The van der Waals surface area contributed by atoms with Gasteiger partial charge in [-0.05, 0) is 51.8 Å². The van der Waals surface area contributed by atoms with Gasteiger partial charge < -0.3 is 4.74 Å². The standard InChI is InChI=1S/C24H24ClFN6O/c1-12-7-15(8-20(33-12)16-10-27-32(4)11-16)23-30-21(18-6-5-17(25)9-19(18)26)22-24(31-23)29-14(3)13(2)28-22/h5-6,9-12,15,20H,7-8H2,1-4H3/t12-,15-,20+/m0/s1. The lowest BCUT2D eigenvalue weighted by atomic mass is 9.89. The summed E-state index contributed by atoms with van der Waals surface area (Å²) >= 11 is 5.99. The molecule has 3 atom stereocenters. The minimum absolute atomic E-state index is 0.00908. The molecule has 4 aromatic rings. The van der Waals surface area contributed by atoms with Crippen LogP contribution in [0.5, 0.6) is 0 Å². The van der Waals surface area contributed by atoms with E-state index in [0.29, 0.717) is 39.7 Å². The molecular weight excluding hydrogens is 443 g/mol. The third-order valence-electron chi connectivity index (χ3n) is 6.12. The van der Waals surface area contributed by atoms with Gasteiger partial charge in [0.2, 0.25) is 0 Å². The van der Waals surface area contributed by atoms with Crippen LogP contribution in [0.25, 0.3) is 22.4 Å². The molecule has 0 N–H and O–H groups in total. The summed E-state index contributed by atoms with van der Waals surface area (Å²) in [6.45, 7) is 5.81. The molecule has 9 heteroatoms. The van der Waals surface area contributed by atoms with Crippen molar-refractivity contribution in [3.8, 4) is 11.3 Å². The van der Waals surface area contributed by atoms with Crippen molar-refractivity contribution in [2.24, 2.45) is 7.05 Å². The lowest BCUT2D eigenvalue weighted by molar-refractivity contribution is -0.0511. The van der Waals surface area contributed by atoms with E-state index < -0.39 is 5.82 Å². The third-order valence-corrected chi connectivity index (χ3v) is 6.35. The van der Waals surface area contributed by atoms with Crippen LogP contribution in [0.2, 0.25) is 5.02 Å². The lowest BCUT2D eigenvalue weighted by Gasteiger charge is -2.33. The highest BCUT2D eigenvalue weighted by Gasteiger charge is 2.32. The molecule has 0 aliphatic carbocycles. The minimum atomic E-state index is -0.456. The summed E-state index contributed by atoms with van der Waals surface area (Å²) in [7, 11) is 1.88. The SMILES string of the molecule is Cc1nc2nc([C@H]3C[C@H](C)O[C@@H](c4cnn(C)c4)C3)nc(-c3ccc(Cl)cc3F)c2nc1C. The van der Waals surface area contributed by atoms with Crippen molar-refractivity contribution in [1.29, 1.82) is 0 Å². The summed E-state index contributed by atoms with van der Waals surface area (Å²) < 4.78 is 22.9. The van der Waals surface area contributed by atoms with Crippen LogP contribution in [-0.2, 0) is 11.8 Å². The number of aromatic nitrogens is 6. The maximum Gasteiger partial charge on any atom is 0.182 e. The molecule has 5 rings (SSSR count). The molecule has 0 bridgehead atoms. The van der Waals surface area contributed by atoms with Crippen molar-refractivity contribution in [3.63, 3.8) is 0 Å². The molecule has 3 aromatic heterocycles. The van der Waals surface area contributed by atoms with Crippen LogP contribution in [0, 0.1) is 19.7 Å². The fraction of sp³-hybridized carbons (Fsp3) is 0.375. The molecule has 0 amide bonds. The van der Waals surface area contributed by atoms with E-state index in [9.17, 15) is 4.39 Å². The highest BCUT2D eigenvalue weighted by molar-refractivity contribution is 6.30. The second-order valence-corrected chi connectivity index (χ2v) is 9.11. The number of hydrogen-bond acceptors (Lipinski definition) is 6. The monoisotopic (exact) mass is 466 g/mol. The molecule has 1 fully saturated rings. The number of nitrogens with zero attached hydrogens (tertiary/aromatic N) is 6. The normalized spacial score (nSPS) is 21.0. The maximum absolute atomic E-state index is 14.9. The van der Waals surface area contributed by atoms with Gasteiger partial charge >= 0.3 is 0 Å². The van der Waals surface area contributed by atoms with E-state index in [1.807, 2.05) is 40.2 Å². The van der Waals surface area contributed by atoms with Crippen LogP contribution in [0.15, 0.2) is 30.6 Å². The van der Waals surface area contributed by atoms with Crippen molar-refractivity contribution in [2.45, 2.75) is 51.7 Å². The summed E-state index contributed by atoms with van der Waals surface area (Å²) in [6, 6.07) is 4.57. The number of aryl methyl sites for hydroxylation is 3. The average molecular weight is 467 g/mol. The predicted molar refractivity (Wildman–Crippen MR) is 123 cm³/mol. The molecule has 0 saturated carbocycles. The van der Waals surface area contributed by atoms with E-state index in [1.165, 1.54) is 6.07 Å². The van der Waals surface area contributed by atoms with Gasteiger partial charge in [-0.3, -0.25) is 4.68 Å². The molecule has 1 aliphatic heterocycles. The Balaban J connectivity index is 1.64. The van der Waals surface area contributed by atoms with Gasteiger partial charge in [0, 0.05) is 35.3 Å². The van der Waals surface area contributed by atoms with Crippen molar-refractivity contribution in [1.82, 2.24) is 29.7 Å². The first kappa shape index (κ1) is 21.9. The van der Waals surface area contributed by atoms with E-state index >= 15 is 0 Å². The molecule has 4 heterocycles. The van der Waals surface area contributed by atoms with Gasteiger partial charge in [0.15, 0.2) is 5.65 Å². The predicted octanol–water partition coefficient (Wildman–Crippen LogP) is 5.25. The highest BCUT2D eigenvalue weighted by atomic mass is 35.5. The van der Waals surface area contributed by atoms with Crippen LogP contribution in [0.4, 0.5) is 4.39 Å². The van der Waals surface area contributed by atoms with Crippen molar-refractivity contribution in [2.75, 3.05) is 0 Å². The minimum Gasteiger partial charge on any atom is -0.370 e. The number of hydrogen-bond donors (Lipinski definition) is 0. The molecule has 170 valence electrons. The van der Waals surface area contributed by atoms with Gasteiger partial charge in [-0.2, -0.15) is 5.10 Å². The summed E-state index contributed by atoms with van der Waals surface area (Å²) in [4.78, 5) is 19.0. The summed E-state index contributed by atoms with van der Waals surface area (Å²) in [6.07, 6.45) is 5.13. The van der Waals surface area contributed by atoms with Crippen molar-refractivity contribution >= 4 is 22.8 Å². The second kappa shape index (κ2) is 8.43. The number of benzene rings is 1. The Morgan fingerprint density at radius 3 is 2.61 bits per heavy atom. The topological polar surface area (TPSA) is 78.6 Å². The van der Waals surface area contributed by atoms with E-state index in [-0.39, 0.29) is 18.1 Å². The van der Waals surface area contributed by atoms with Gasteiger partial charge in [-0.15, -0.1) is 0 Å². The fourth-order valence-corrected chi connectivity index (χ4v) is 4.52. The highest BCUT2D eigenvalue weighted by Crippen LogP contribution is 2.40. The Kier molecular flexibility index (Phi) is 5.58. The van der Waals surface area contributed by atoms with Crippen LogP contribution in [0.3, 0.4) is 0 Å². The van der Waals surface area contributed by atoms with Gasteiger partial charge in [-0.1, -0.05) is 11.6 Å². The smallest absolute Gasteiger partial charge is 0.182 e. The van der Waals surface area contributed by atoms with Crippen LogP contribution < -0.4 is 0 Å². The average Bonchev–Trinajstić information content (AvgIpc) is 3.20. The lowest BCUT2D eigenvalue weighted by Crippen LogP contribution is -2.26. The molecule has 1 saturated heterocycles. The first-order valence-corrected chi connectivity index (χ1v) is 11.3. The molecule has 0 unspecified atom stereocenters. The molecule has 0 radical (unpaired) electrons. The number of rotatable bonds is 3. The molecule has 1 aliphatic rings. The number of fused-ring (bicyclic) bond motifs is 1. The summed E-state index contributed by atoms with van der Waals surface area (Å²) in [5, 5.41) is 4.60. The third kappa shape index (κ3) is 4.20. The first-order valence-electron chi connectivity index (χ1n) is 10.9. The molecule has 0 spiro atoms. The van der Waals surface area contributed by atoms with Crippen LogP contribution >= 0.6 is 11.6 Å². The Bertz CT molecular complexity index is 1360. The largest absolute Gasteiger partial charge is 0.370 e. The zero-order valence-corrected chi connectivity index (χ0v) is 19.6. The number of ether oxygens (including phenoxy) is 1. The van der Waals surface area contributed by atoms with Gasteiger partial charge in [0.1, 0.15) is 22.9 Å². The zero-order chi connectivity index (χ0) is 23.3. The Morgan fingerprint density at radius 1 is 1.09 bits per heavy atom. The summed E-state index contributed by atoms with van der Waals surface area (Å²) in [5.74, 6) is 0.177. The Hall–Kier alpha value is -2.97. The van der Waals surface area contributed by atoms with Gasteiger partial charge in [-0.25, -0.2) is 24.3 Å². The van der Waals surface area contributed by atoms with Crippen molar-refractivity contribution < 1.29 is 9.13 Å². The Morgan fingerprint density at radius 2 is 1.88 bits per heavy atom. The van der Waals surface area contributed by atoms with Gasteiger partial charge in [0.25, 0.3) is 0 Å². The summed E-state index contributed by atoms with van der Waals surface area (Å²) in [5.41, 5.74) is 4.25.